The third-order valence-electron chi connectivity index (χ3n) is 6.13. The molecule has 0 saturated carbocycles. The van der Waals surface area contributed by atoms with Gasteiger partial charge < -0.3 is 24.0 Å². The number of carbonyl (C=O) groups excluding carboxylic acids is 2. The highest BCUT2D eigenvalue weighted by atomic mass is 16.6. The predicted molar refractivity (Wildman–Crippen MR) is 124 cm³/mol. The number of ether oxygens (including phenoxy) is 1. The average molecular weight is 468 g/mol. The molecule has 0 spiro atoms. The lowest BCUT2D eigenvalue weighted by Gasteiger charge is -2.38. The van der Waals surface area contributed by atoms with Crippen molar-refractivity contribution in [2.45, 2.75) is 39.3 Å². The van der Waals surface area contributed by atoms with Crippen LogP contribution in [0.2, 0.25) is 0 Å². The molecule has 2 saturated heterocycles. The van der Waals surface area contributed by atoms with E-state index in [0.717, 1.165) is 16.5 Å². The normalized spacial score (nSPS) is 17.2. The Morgan fingerprint density at radius 1 is 1.09 bits per heavy atom. The fraction of sp³-hybridized carbons (Fsp3) is 0.522. The Balaban J connectivity index is 1.27. The second-order valence-electron chi connectivity index (χ2n) is 9.79. The fourth-order valence-corrected chi connectivity index (χ4v) is 4.21. The van der Waals surface area contributed by atoms with Crippen LogP contribution in [0, 0.1) is 0 Å². The Kier molecular flexibility index (Phi) is 5.41. The summed E-state index contributed by atoms with van der Waals surface area (Å²) in [5.74, 6) is 1.01. The minimum atomic E-state index is -0.515. The van der Waals surface area contributed by atoms with Crippen LogP contribution in [-0.4, -0.2) is 86.6 Å². The van der Waals surface area contributed by atoms with E-state index in [4.69, 9.17) is 9.26 Å². The van der Waals surface area contributed by atoms with Crippen molar-refractivity contribution in [3.63, 3.8) is 0 Å². The lowest BCUT2D eigenvalue weighted by Crippen LogP contribution is -2.50. The first-order valence-electron chi connectivity index (χ1n) is 11.5. The lowest BCUT2D eigenvalue weighted by atomic mass is 10.1. The van der Waals surface area contributed by atoms with Gasteiger partial charge in [0, 0.05) is 57.1 Å². The van der Waals surface area contributed by atoms with Gasteiger partial charge in [-0.2, -0.15) is 10.1 Å². The molecule has 0 radical (unpaired) electrons. The molecule has 1 aromatic carbocycles. The van der Waals surface area contributed by atoms with E-state index in [1.165, 1.54) is 0 Å². The van der Waals surface area contributed by atoms with Gasteiger partial charge in [-0.25, -0.2) is 4.79 Å². The number of nitrogens with zero attached hydrogens (tertiary/aromatic N) is 7. The zero-order valence-electron chi connectivity index (χ0n) is 19.9. The first-order valence-corrected chi connectivity index (χ1v) is 11.5. The highest BCUT2D eigenvalue weighted by molar-refractivity contribution is 5.83. The molecule has 2 fully saturated rings. The van der Waals surface area contributed by atoms with E-state index in [0.29, 0.717) is 51.1 Å². The molecule has 0 atom stereocenters. The Bertz CT molecular complexity index is 1210. The lowest BCUT2D eigenvalue weighted by molar-refractivity contribution is -0.134. The maximum Gasteiger partial charge on any atom is 0.410 e. The van der Waals surface area contributed by atoms with Gasteiger partial charge in [0.25, 0.3) is 11.8 Å². The van der Waals surface area contributed by atoms with Crippen LogP contribution in [0.3, 0.4) is 0 Å². The molecule has 180 valence electrons. The standard InChI is InChI=1S/C23H29N7O4/c1-15(31)29-13-18(14-29)30-19-11-16(5-6-17(19)12-24-30)20-25-21(26-34-20)27-7-9-28(10-8-27)22(32)33-23(2,3)4/h5-6,11-12,18H,7-10,13-14H2,1-4H3. The molecule has 34 heavy (non-hydrogen) atoms. The van der Waals surface area contributed by atoms with E-state index in [-0.39, 0.29) is 18.0 Å². The van der Waals surface area contributed by atoms with E-state index in [9.17, 15) is 9.59 Å². The molecule has 4 heterocycles. The highest BCUT2D eigenvalue weighted by Crippen LogP contribution is 2.29. The second kappa shape index (κ2) is 8.30. The minimum absolute atomic E-state index is 0.0821. The number of benzene rings is 1. The van der Waals surface area contributed by atoms with Crippen LogP contribution < -0.4 is 4.90 Å². The van der Waals surface area contributed by atoms with Crippen molar-refractivity contribution in [2.75, 3.05) is 44.2 Å². The topological polar surface area (TPSA) is 110 Å². The van der Waals surface area contributed by atoms with Gasteiger partial charge in [0.2, 0.25) is 5.91 Å². The van der Waals surface area contributed by atoms with Crippen LogP contribution in [0.5, 0.6) is 0 Å². The molecular formula is C23H29N7O4. The number of anilines is 1. The van der Waals surface area contributed by atoms with Gasteiger partial charge in [-0.05, 0) is 38.1 Å². The Labute approximate surface area is 197 Å². The highest BCUT2D eigenvalue weighted by Gasteiger charge is 2.32. The fourth-order valence-electron chi connectivity index (χ4n) is 4.21. The third kappa shape index (κ3) is 4.29. The molecule has 2 aliphatic rings. The maximum atomic E-state index is 12.3. The van der Waals surface area contributed by atoms with Gasteiger partial charge in [-0.15, -0.1) is 0 Å². The van der Waals surface area contributed by atoms with Crippen LogP contribution >= 0.6 is 0 Å². The molecule has 2 aliphatic heterocycles. The van der Waals surface area contributed by atoms with Gasteiger partial charge in [0.15, 0.2) is 0 Å². The Morgan fingerprint density at radius 3 is 2.50 bits per heavy atom. The van der Waals surface area contributed by atoms with Crippen molar-refractivity contribution >= 4 is 28.9 Å². The smallest absolute Gasteiger partial charge is 0.410 e. The molecule has 0 N–H and O–H groups in total. The summed E-state index contributed by atoms with van der Waals surface area (Å²) in [5, 5.41) is 9.71. The summed E-state index contributed by atoms with van der Waals surface area (Å²) in [4.78, 5) is 33.9. The third-order valence-corrected chi connectivity index (χ3v) is 6.13. The number of likely N-dealkylation sites (tertiary alicyclic amines) is 1. The monoisotopic (exact) mass is 467 g/mol. The number of aromatic nitrogens is 4. The number of hydrogen-bond donors (Lipinski definition) is 0. The summed E-state index contributed by atoms with van der Waals surface area (Å²) < 4.78 is 13.0. The first kappa shape index (κ1) is 22.2. The van der Waals surface area contributed by atoms with Gasteiger partial charge in [-0.1, -0.05) is 6.07 Å². The summed E-state index contributed by atoms with van der Waals surface area (Å²) >= 11 is 0. The van der Waals surface area contributed by atoms with E-state index >= 15 is 0 Å². The zero-order valence-corrected chi connectivity index (χ0v) is 19.9. The van der Waals surface area contributed by atoms with Crippen molar-refractivity contribution in [2.24, 2.45) is 0 Å². The summed E-state index contributed by atoms with van der Waals surface area (Å²) in [6.07, 6.45) is 1.53. The van der Waals surface area contributed by atoms with Crippen molar-refractivity contribution in [3.8, 4) is 11.5 Å². The molecule has 11 heteroatoms. The number of hydrogen-bond acceptors (Lipinski definition) is 8. The Hall–Kier alpha value is -3.63. The van der Waals surface area contributed by atoms with E-state index in [1.807, 2.05) is 54.7 Å². The molecule has 0 aliphatic carbocycles. The van der Waals surface area contributed by atoms with Crippen molar-refractivity contribution in [1.82, 2.24) is 29.7 Å². The van der Waals surface area contributed by atoms with Crippen molar-refractivity contribution in [3.05, 3.63) is 24.4 Å². The van der Waals surface area contributed by atoms with E-state index in [1.54, 1.807) is 16.7 Å². The van der Waals surface area contributed by atoms with E-state index < -0.39 is 5.60 Å². The number of piperazine rings is 1. The second-order valence-corrected chi connectivity index (χ2v) is 9.79. The number of fused-ring (bicyclic) bond motifs is 1. The van der Waals surface area contributed by atoms with Crippen molar-refractivity contribution < 1.29 is 18.8 Å². The van der Waals surface area contributed by atoms with Crippen molar-refractivity contribution in [1.29, 1.82) is 0 Å². The summed E-state index contributed by atoms with van der Waals surface area (Å²) in [7, 11) is 0. The van der Waals surface area contributed by atoms with Gasteiger partial charge in [-0.3, -0.25) is 9.48 Å². The molecule has 5 rings (SSSR count). The van der Waals surface area contributed by atoms with Crippen LogP contribution in [0.25, 0.3) is 22.4 Å². The number of carbonyl (C=O) groups is 2. The largest absolute Gasteiger partial charge is 0.444 e. The predicted octanol–water partition coefficient (Wildman–Crippen LogP) is 2.55. The summed E-state index contributed by atoms with van der Waals surface area (Å²) in [6, 6.07) is 6.08. The SMILES string of the molecule is CC(=O)N1CC(n2ncc3ccc(-c4nc(N5CCN(C(=O)OC(C)(C)C)CC5)no4)cc32)C1. The molecule has 2 aromatic heterocycles. The van der Waals surface area contributed by atoms with Crippen LogP contribution in [0.15, 0.2) is 28.9 Å². The first-order chi connectivity index (χ1) is 16.2. The molecular weight excluding hydrogens is 438 g/mol. The summed E-state index contributed by atoms with van der Waals surface area (Å²) in [6.45, 7) is 10.7. The number of rotatable bonds is 3. The molecule has 0 unspecified atom stereocenters. The molecule has 0 bridgehead atoms. The van der Waals surface area contributed by atoms with Gasteiger partial charge in [0.05, 0.1) is 17.8 Å². The quantitative estimate of drug-likeness (QED) is 0.578. The van der Waals surface area contributed by atoms with Gasteiger partial charge >= 0.3 is 6.09 Å². The van der Waals surface area contributed by atoms with Crippen LogP contribution in [-0.2, 0) is 9.53 Å². The summed E-state index contributed by atoms with van der Waals surface area (Å²) in [5.41, 5.74) is 1.26. The molecule has 2 amide bonds. The molecule has 3 aromatic rings. The average Bonchev–Trinajstić information content (AvgIpc) is 3.39. The number of amides is 2. The molecule has 11 nitrogen and oxygen atoms in total. The maximum absolute atomic E-state index is 12.3. The van der Waals surface area contributed by atoms with Gasteiger partial charge in [0.1, 0.15) is 5.60 Å². The van der Waals surface area contributed by atoms with Crippen LogP contribution in [0.4, 0.5) is 10.7 Å². The van der Waals surface area contributed by atoms with Crippen LogP contribution in [0.1, 0.15) is 33.7 Å². The van der Waals surface area contributed by atoms with E-state index in [2.05, 4.69) is 15.2 Å². The zero-order chi connectivity index (χ0) is 24.0. The Morgan fingerprint density at radius 2 is 1.82 bits per heavy atom. The minimum Gasteiger partial charge on any atom is -0.444 e.